The zero-order chi connectivity index (χ0) is 15.1. The summed E-state index contributed by atoms with van der Waals surface area (Å²) in [7, 11) is 1.26. The Labute approximate surface area is 116 Å². The maximum atomic E-state index is 12.2. The molecule has 1 N–H and O–H groups in total. The Morgan fingerprint density at radius 3 is 2.55 bits per heavy atom. The van der Waals surface area contributed by atoms with Crippen molar-refractivity contribution in [2.75, 3.05) is 7.11 Å². The van der Waals surface area contributed by atoms with Gasteiger partial charge in [0.15, 0.2) is 0 Å². The number of nitrogens with zero attached hydrogens (tertiary/aromatic N) is 3. The predicted molar refractivity (Wildman–Crippen MR) is 73.4 cm³/mol. The number of carbonyl (C=O) groups is 2. The molecule has 1 aromatic rings. The second kappa shape index (κ2) is 7.16. The summed E-state index contributed by atoms with van der Waals surface area (Å²) < 4.78 is 4.65. The van der Waals surface area contributed by atoms with Crippen LogP contribution in [0.1, 0.15) is 24.2 Å². The third-order valence-electron chi connectivity index (χ3n) is 2.71. The molecule has 0 heterocycles. The van der Waals surface area contributed by atoms with E-state index in [-0.39, 0.29) is 17.2 Å². The monoisotopic (exact) mass is 276 g/mol. The molecule has 0 aliphatic rings. The lowest BCUT2D eigenvalue weighted by atomic mass is 10.0. The normalized spacial score (nSPS) is 11.4. The van der Waals surface area contributed by atoms with Gasteiger partial charge in [-0.1, -0.05) is 37.2 Å². The molecule has 1 aromatic carbocycles. The number of methoxy groups -OCH3 is 1. The van der Waals surface area contributed by atoms with Crippen molar-refractivity contribution in [2.45, 2.75) is 19.9 Å². The maximum absolute atomic E-state index is 12.2. The van der Waals surface area contributed by atoms with Crippen LogP contribution >= 0.6 is 0 Å². The molecule has 0 fully saturated rings. The van der Waals surface area contributed by atoms with E-state index in [1.807, 2.05) is 0 Å². The third kappa shape index (κ3) is 3.73. The molecule has 0 bridgehead atoms. The fourth-order valence-corrected chi connectivity index (χ4v) is 1.64. The van der Waals surface area contributed by atoms with Gasteiger partial charge < -0.3 is 10.1 Å². The van der Waals surface area contributed by atoms with Gasteiger partial charge in [-0.25, -0.2) is 4.79 Å². The van der Waals surface area contributed by atoms with Crippen molar-refractivity contribution in [1.29, 1.82) is 0 Å². The molecule has 0 aromatic heterocycles. The van der Waals surface area contributed by atoms with Crippen molar-refractivity contribution < 1.29 is 14.3 Å². The summed E-state index contributed by atoms with van der Waals surface area (Å²) in [5, 5.41) is 6.03. The molecule has 0 spiro atoms. The second-order valence-corrected chi connectivity index (χ2v) is 4.42. The van der Waals surface area contributed by atoms with E-state index in [1.54, 1.807) is 26.0 Å². The van der Waals surface area contributed by atoms with Crippen LogP contribution in [0.5, 0.6) is 0 Å². The van der Waals surface area contributed by atoms with E-state index in [2.05, 4.69) is 20.1 Å². The maximum Gasteiger partial charge on any atom is 0.328 e. The minimum atomic E-state index is -0.758. The molecule has 0 saturated carbocycles. The van der Waals surface area contributed by atoms with Gasteiger partial charge in [0.1, 0.15) is 6.04 Å². The number of esters is 1. The van der Waals surface area contributed by atoms with E-state index in [9.17, 15) is 9.59 Å². The van der Waals surface area contributed by atoms with Gasteiger partial charge >= 0.3 is 5.97 Å². The first-order valence-electron chi connectivity index (χ1n) is 6.04. The van der Waals surface area contributed by atoms with Crippen LogP contribution in [0.25, 0.3) is 10.4 Å². The Hall–Kier alpha value is -2.53. The Morgan fingerprint density at radius 1 is 1.35 bits per heavy atom. The lowest BCUT2D eigenvalue weighted by Gasteiger charge is -2.20. The van der Waals surface area contributed by atoms with Crippen molar-refractivity contribution in [3.8, 4) is 0 Å². The number of carbonyl (C=O) groups excluding carboxylic acids is 2. The van der Waals surface area contributed by atoms with Gasteiger partial charge in [0, 0.05) is 10.5 Å². The smallest absolute Gasteiger partial charge is 0.328 e. The fourth-order valence-electron chi connectivity index (χ4n) is 1.64. The Morgan fingerprint density at radius 2 is 2.00 bits per heavy atom. The van der Waals surface area contributed by atoms with E-state index in [0.29, 0.717) is 0 Å². The van der Waals surface area contributed by atoms with Crippen LogP contribution in [-0.4, -0.2) is 25.0 Å². The topological polar surface area (TPSA) is 104 Å². The molecule has 0 aliphatic carbocycles. The van der Waals surface area contributed by atoms with Crippen molar-refractivity contribution >= 4 is 17.6 Å². The molecule has 7 heteroatoms. The van der Waals surface area contributed by atoms with Crippen LogP contribution in [0.2, 0.25) is 0 Å². The average Bonchev–Trinajstić information content (AvgIpc) is 2.44. The summed E-state index contributed by atoms with van der Waals surface area (Å²) in [5.41, 5.74) is 8.89. The molecule has 106 valence electrons. The third-order valence-corrected chi connectivity index (χ3v) is 2.71. The van der Waals surface area contributed by atoms with Gasteiger partial charge in [0.2, 0.25) is 0 Å². The summed E-state index contributed by atoms with van der Waals surface area (Å²) in [6.45, 7) is 3.59. The van der Waals surface area contributed by atoms with E-state index >= 15 is 0 Å². The summed E-state index contributed by atoms with van der Waals surface area (Å²) in [5.74, 6) is -1.13. The van der Waals surface area contributed by atoms with Crippen molar-refractivity contribution in [3.05, 3.63) is 40.3 Å². The highest BCUT2D eigenvalue weighted by atomic mass is 16.5. The van der Waals surface area contributed by atoms with Gasteiger partial charge in [0.05, 0.1) is 12.8 Å². The van der Waals surface area contributed by atoms with Gasteiger partial charge in [0.25, 0.3) is 5.91 Å². The van der Waals surface area contributed by atoms with E-state index in [4.69, 9.17) is 5.53 Å². The lowest BCUT2D eigenvalue weighted by molar-refractivity contribution is -0.144. The van der Waals surface area contributed by atoms with Crippen LogP contribution in [0.4, 0.5) is 5.69 Å². The molecule has 20 heavy (non-hydrogen) atoms. The minimum absolute atomic E-state index is 0.127. The molecule has 1 rings (SSSR count). The molecule has 0 aliphatic heterocycles. The minimum Gasteiger partial charge on any atom is -0.467 e. The number of amides is 1. The predicted octanol–water partition coefficient (Wildman–Crippen LogP) is 2.56. The molecule has 1 atom stereocenters. The Kier molecular flexibility index (Phi) is 5.56. The molecular formula is C13H16N4O3. The van der Waals surface area contributed by atoms with E-state index < -0.39 is 17.9 Å². The van der Waals surface area contributed by atoms with Crippen LogP contribution in [-0.2, 0) is 9.53 Å². The standard InChI is InChI=1S/C13H16N4O3/c1-8(2)11(13(19)20-3)15-12(18)9-6-4-5-7-10(9)16-17-14/h4-8,11H,1-3H3,(H,15,18)/t11-/m0/s1. The van der Waals surface area contributed by atoms with Gasteiger partial charge in [-0.2, -0.15) is 0 Å². The zero-order valence-electron chi connectivity index (χ0n) is 11.5. The summed E-state index contributed by atoms with van der Waals surface area (Å²) in [6.07, 6.45) is 0. The fraction of sp³-hybridized carbons (Fsp3) is 0.385. The first-order chi connectivity index (χ1) is 9.51. The van der Waals surface area contributed by atoms with Crippen LogP contribution < -0.4 is 5.32 Å². The first kappa shape index (κ1) is 15.5. The van der Waals surface area contributed by atoms with E-state index in [1.165, 1.54) is 19.2 Å². The number of benzene rings is 1. The van der Waals surface area contributed by atoms with Crippen LogP contribution in [0, 0.1) is 5.92 Å². The largest absolute Gasteiger partial charge is 0.467 e. The highest BCUT2D eigenvalue weighted by Crippen LogP contribution is 2.19. The highest BCUT2D eigenvalue weighted by Gasteiger charge is 2.25. The molecule has 0 unspecified atom stereocenters. The first-order valence-corrected chi connectivity index (χ1v) is 6.04. The Balaban J connectivity index is 3.00. The van der Waals surface area contributed by atoms with Crippen LogP contribution in [0.15, 0.2) is 29.4 Å². The van der Waals surface area contributed by atoms with Gasteiger partial charge in [-0.15, -0.1) is 0 Å². The molecule has 1 amide bonds. The summed E-state index contributed by atoms with van der Waals surface area (Å²) in [6, 6.07) is 5.59. The van der Waals surface area contributed by atoms with Crippen molar-refractivity contribution in [2.24, 2.45) is 11.0 Å². The number of hydrogen-bond donors (Lipinski definition) is 1. The lowest BCUT2D eigenvalue weighted by Crippen LogP contribution is -2.45. The molecule has 0 saturated heterocycles. The van der Waals surface area contributed by atoms with Gasteiger partial charge in [-0.3, -0.25) is 4.79 Å². The van der Waals surface area contributed by atoms with E-state index in [0.717, 1.165) is 0 Å². The van der Waals surface area contributed by atoms with Crippen molar-refractivity contribution in [1.82, 2.24) is 5.32 Å². The van der Waals surface area contributed by atoms with Crippen molar-refractivity contribution in [3.63, 3.8) is 0 Å². The number of azide groups is 1. The molecule has 0 radical (unpaired) electrons. The second-order valence-electron chi connectivity index (χ2n) is 4.42. The number of hydrogen-bond acceptors (Lipinski definition) is 4. The summed E-state index contributed by atoms with van der Waals surface area (Å²) in [4.78, 5) is 26.5. The quantitative estimate of drug-likeness (QED) is 0.386. The van der Waals surface area contributed by atoms with Gasteiger partial charge in [-0.05, 0) is 17.5 Å². The Bertz CT molecular complexity index is 550. The SMILES string of the molecule is COC(=O)[C@@H](NC(=O)c1ccccc1N=[N+]=[N-])C(C)C. The molecule has 7 nitrogen and oxygen atoms in total. The highest BCUT2D eigenvalue weighted by molar-refractivity contribution is 6.00. The summed E-state index contributed by atoms with van der Waals surface area (Å²) >= 11 is 0. The zero-order valence-corrected chi connectivity index (χ0v) is 11.5. The number of nitrogens with one attached hydrogen (secondary N) is 1. The number of rotatable bonds is 5. The van der Waals surface area contributed by atoms with Crippen LogP contribution in [0.3, 0.4) is 0 Å². The number of ether oxygens (including phenoxy) is 1. The molecular weight excluding hydrogens is 260 g/mol. The average molecular weight is 276 g/mol.